The Bertz CT molecular complexity index is 318. The van der Waals surface area contributed by atoms with Crippen LogP contribution in [0, 0.1) is 12.7 Å². The minimum atomic E-state index is -0.0890. The van der Waals surface area contributed by atoms with Crippen molar-refractivity contribution in [3.05, 3.63) is 35.1 Å². The van der Waals surface area contributed by atoms with E-state index in [1.54, 1.807) is 13.0 Å². The van der Waals surface area contributed by atoms with Crippen LogP contribution in [0.3, 0.4) is 0 Å². The average molecular weight is 193 g/mol. The van der Waals surface area contributed by atoms with Gasteiger partial charge in [-0.1, -0.05) is 12.1 Å². The molecule has 0 radical (unpaired) electrons. The van der Waals surface area contributed by atoms with Crippen LogP contribution in [-0.2, 0) is 6.42 Å². The standard InChI is InChI=1S/C12H16FN/c1-9-2-3-10(8-12(9)13)6-7-14-11-4-5-11/h2-3,8,11,14H,4-7H2,1H3. The molecule has 1 nitrogen and oxygen atoms in total. The van der Waals surface area contributed by atoms with E-state index >= 15 is 0 Å². The van der Waals surface area contributed by atoms with E-state index in [4.69, 9.17) is 0 Å². The third-order valence-electron chi connectivity index (χ3n) is 2.66. The molecule has 0 spiro atoms. The maximum Gasteiger partial charge on any atom is 0.126 e. The molecule has 0 aliphatic heterocycles. The lowest BCUT2D eigenvalue weighted by Crippen LogP contribution is -2.19. The molecular weight excluding hydrogens is 177 g/mol. The number of nitrogens with one attached hydrogen (secondary N) is 1. The van der Waals surface area contributed by atoms with Crippen molar-refractivity contribution >= 4 is 0 Å². The van der Waals surface area contributed by atoms with E-state index in [0.717, 1.165) is 30.1 Å². The van der Waals surface area contributed by atoms with Gasteiger partial charge in [-0.3, -0.25) is 0 Å². The zero-order chi connectivity index (χ0) is 9.97. The lowest BCUT2D eigenvalue weighted by atomic mass is 10.1. The van der Waals surface area contributed by atoms with E-state index in [-0.39, 0.29) is 5.82 Å². The topological polar surface area (TPSA) is 12.0 Å². The van der Waals surface area contributed by atoms with Crippen LogP contribution < -0.4 is 5.32 Å². The number of aryl methyl sites for hydroxylation is 1. The normalized spacial score (nSPS) is 15.9. The van der Waals surface area contributed by atoms with Gasteiger partial charge in [-0.25, -0.2) is 4.39 Å². The molecule has 1 aliphatic carbocycles. The quantitative estimate of drug-likeness (QED) is 0.774. The molecule has 2 rings (SSSR count). The van der Waals surface area contributed by atoms with E-state index in [1.807, 2.05) is 12.1 Å². The molecule has 0 aromatic heterocycles. The van der Waals surface area contributed by atoms with Gasteiger partial charge in [0, 0.05) is 6.04 Å². The number of benzene rings is 1. The van der Waals surface area contributed by atoms with Crippen molar-refractivity contribution in [2.75, 3.05) is 6.54 Å². The first-order valence-electron chi connectivity index (χ1n) is 5.24. The lowest BCUT2D eigenvalue weighted by molar-refractivity contribution is 0.613. The highest BCUT2D eigenvalue weighted by Crippen LogP contribution is 2.18. The van der Waals surface area contributed by atoms with Crippen LogP contribution in [0.5, 0.6) is 0 Å². The van der Waals surface area contributed by atoms with E-state index in [9.17, 15) is 4.39 Å². The maximum absolute atomic E-state index is 13.2. The summed E-state index contributed by atoms with van der Waals surface area (Å²) in [4.78, 5) is 0. The summed E-state index contributed by atoms with van der Waals surface area (Å²) in [5.74, 6) is -0.0890. The van der Waals surface area contributed by atoms with Gasteiger partial charge in [0.25, 0.3) is 0 Å². The highest BCUT2D eigenvalue weighted by atomic mass is 19.1. The second kappa shape index (κ2) is 4.09. The fraction of sp³-hybridized carbons (Fsp3) is 0.500. The molecule has 1 saturated carbocycles. The SMILES string of the molecule is Cc1ccc(CCNC2CC2)cc1F. The largest absolute Gasteiger partial charge is 0.314 e. The van der Waals surface area contributed by atoms with Gasteiger partial charge in [0.1, 0.15) is 5.82 Å². The molecule has 2 heteroatoms. The van der Waals surface area contributed by atoms with Crippen LogP contribution in [0.15, 0.2) is 18.2 Å². The van der Waals surface area contributed by atoms with Gasteiger partial charge in [-0.15, -0.1) is 0 Å². The van der Waals surface area contributed by atoms with Gasteiger partial charge in [0.2, 0.25) is 0 Å². The second-order valence-electron chi connectivity index (χ2n) is 4.06. The first kappa shape index (κ1) is 9.66. The number of rotatable bonds is 4. The molecule has 0 unspecified atom stereocenters. The Labute approximate surface area is 84.3 Å². The maximum atomic E-state index is 13.2. The summed E-state index contributed by atoms with van der Waals surface area (Å²) in [5.41, 5.74) is 1.81. The molecule has 0 amide bonds. The first-order valence-corrected chi connectivity index (χ1v) is 5.24. The Morgan fingerprint density at radius 1 is 1.43 bits per heavy atom. The molecule has 1 N–H and O–H groups in total. The fourth-order valence-electron chi connectivity index (χ4n) is 1.50. The van der Waals surface area contributed by atoms with Crippen LogP contribution in [0.4, 0.5) is 4.39 Å². The molecule has 76 valence electrons. The zero-order valence-corrected chi connectivity index (χ0v) is 8.52. The molecule has 0 bridgehead atoms. The van der Waals surface area contributed by atoms with Gasteiger partial charge < -0.3 is 5.32 Å². The minimum absolute atomic E-state index is 0.0890. The Morgan fingerprint density at radius 2 is 2.21 bits per heavy atom. The molecule has 1 aromatic rings. The summed E-state index contributed by atoms with van der Waals surface area (Å²) < 4.78 is 13.2. The molecule has 1 fully saturated rings. The second-order valence-corrected chi connectivity index (χ2v) is 4.06. The van der Waals surface area contributed by atoms with Crippen LogP contribution in [0.25, 0.3) is 0 Å². The Kier molecular flexibility index (Phi) is 2.82. The summed E-state index contributed by atoms with van der Waals surface area (Å²) in [6.07, 6.45) is 3.54. The van der Waals surface area contributed by atoms with Crippen LogP contribution in [-0.4, -0.2) is 12.6 Å². The van der Waals surface area contributed by atoms with Gasteiger partial charge in [0.05, 0.1) is 0 Å². The predicted octanol–water partition coefficient (Wildman–Crippen LogP) is 2.43. The lowest BCUT2D eigenvalue weighted by Gasteiger charge is -2.04. The molecule has 0 saturated heterocycles. The minimum Gasteiger partial charge on any atom is -0.314 e. The molecular formula is C12H16FN. The van der Waals surface area contributed by atoms with Crippen molar-refractivity contribution in [1.82, 2.24) is 5.32 Å². The van der Waals surface area contributed by atoms with Crippen LogP contribution in [0.2, 0.25) is 0 Å². The van der Waals surface area contributed by atoms with E-state index in [1.165, 1.54) is 12.8 Å². The van der Waals surface area contributed by atoms with Crippen molar-refractivity contribution in [2.45, 2.75) is 32.2 Å². The van der Waals surface area contributed by atoms with Gasteiger partial charge in [0.15, 0.2) is 0 Å². The van der Waals surface area contributed by atoms with Crippen molar-refractivity contribution in [1.29, 1.82) is 0 Å². The Hall–Kier alpha value is -0.890. The Morgan fingerprint density at radius 3 is 2.86 bits per heavy atom. The van der Waals surface area contributed by atoms with Crippen LogP contribution >= 0.6 is 0 Å². The average Bonchev–Trinajstić information content (AvgIpc) is 2.95. The zero-order valence-electron chi connectivity index (χ0n) is 8.52. The van der Waals surface area contributed by atoms with Crippen molar-refractivity contribution in [3.63, 3.8) is 0 Å². The predicted molar refractivity (Wildman–Crippen MR) is 55.9 cm³/mol. The molecule has 1 aliphatic rings. The number of hydrogen-bond acceptors (Lipinski definition) is 1. The summed E-state index contributed by atoms with van der Waals surface area (Å²) in [5, 5.41) is 3.42. The fourth-order valence-corrected chi connectivity index (χ4v) is 1.50. The van der Waals surface area contributed by atoms with E-state index < -0.39 is 0 Å². The summed E-state index contributed by atoms with van der Waals surface area (Å²) in [7, 11) is 0. The third kappa shape index (κ3) is 2.55. The van der Waals surface area contributed by atoms with Crippen molar-refractivity contribution < 1.29 is 4.39 Å². The van der Waals surface area contributed by atoms with Crippen LogP contribution in [0.1, 0.15) is 24.0 Å². The van der Waals surface area contributed by atoms with Crippen molar-refractivity contribution in [3.8, 4) is 0 Å². The molecule has 1 aromatic carbocycles. The van der Waals surface area contributed by atoms with E-state index in [0.29, 0.717) is 0 Å². The van der Waals surface area contributed by atoms with Gasteiger partial charge in [-0.2, -0.15) is 0 Å². The highest BCUT2D eigenvalue weighted by molar-refractivity contribution is 5.23. The first-order chi connectivity index (χ1) is 6.75. The summed E-state index contributed by atoms with van der Waals surface area (Å²) in [6, 6.07) is 6.24. The third-order valence-corrected chi connectivity index (χ3v) is 2.66. The number of halogens is 1. The van der Waals surface area contributed by atoms with Gasteiger partial charge >= 0.3 is 0 Å². The Balaban J connectivity index is 1.85. The smallest absolute Gasteiger partial charge is 0.126 e. The van der Waals surface area contributed by atoms with E-state index in [2.05, 4.69) is 5.32 Å². The number of hydrogen-bond donors (Lipinski definition) is 1. The van der Waals surface area contributed by atoms with Crippen molar-refractivity contribution in [2.24, 2.45) is 0 Å². The molecule has 0 atom stereocenters. The molecule has 0 heterocycles. The summed E-state index contributed by atoms with van der Waals surface area (Å²) in [6.45, 7) is 2.76. The molecule has 14 heavy (non-hydrogen) atoms. The monoisotopic (exact) mass is 193 g/mol. The van der Waals surface area contributed by atoms with Gasteiger partial charge in [-0.05, 0) is 49.9 Å². The summed E-state index contributed by atoms with van der Waals surface area (Å²) >= 11 is 0. The highest BCUT2D eigenvalue weighted by Gasteiger charge is 2.19.